The minimum atomic E-state index is 0.699. The summed E-state index contributed by atoms with van der Waals surface area (Å²) in [5.41, 5.74) is 0. The topological polar surface area (TPSA) is 15.3 Å². The van der Waals surface area contributed by atoms with Gasteiger partial charge in [-0.25, -0.2) is 0 Å². The minimum Gasteiger partial charge on any atom is -0.315 e. The highest BCUT2D eigenvalue weighted by molar-refractivity contribution is 4.88. The van der Waals surface area contributed by atoms with Crippen LogP contribution in [0, 0.1) is 11.8 Å². The summed E-state index contributed by atoms with van der Waals surface area (Å²) >= 11 is 0. The Hall–Kier alpha value is -0.0800. The first kappa shape index (κ1) is 14.0. The Morgan fingerprint density at radius 1 is 1.38 bits per heavy atom. The molecule has 0 aromatic heterocycles. The highest BCUT2D eigenvalue weighted by Crippen LogP contribution is 2.27. The number of rotatable bonds is 5. The van der Waals surface area contributed by atoms with Crippen molar-refractivity contribution in [1.29, 1.82) is 0 Å². The minimum absolute atomic E-state index is 0.699. The second kappa shape index (κ2) is 6.61. The zero-order chi connectivity index (χ0) is 12.1. The molecule has 0 aromatic rings. The molecule has 0 aliphatic heterocycles. The summed E-state index contributed by atoms with van der Waals surface area (Å²) in [6.07, 6.45) is 5.38. The second-order valence-corrected chi connectivity index (χ2v) is 5.83. The molecule has 0 spiro atoms. The van der Waals surface area contributed by atoms with Crippen LogP contribution < -0.4 is 5.32 Å². The van der Waals surface area contributed by atoms with Gasteiger partial charge in [-0.1, -0.05) is 27.2 Å². The van der Waals surface area contributed by atoms with E-state index in [0.29, 0.717) is 6.04 Å². The van der Waals surface area contributed by atoms with Gasteiger partial charge >= 0.3 is 0 Å². The van der Waals surface area contributed by atoms with Crippen LogP contribution in [0.2, 0.25) is 0 Å². The summed E-state index contributed by atoms with van der Waals surface area (Å²) in [6, 6.07) is 1.44. The highest BCUT2D eigenvalue weighted by atomic mass is 15.2. The van der Waals surface area contributed by atoms with Gasteiger partial charge in [-0.05, 0) is 45.2 Å². The number of likely N-dealkylation sites (N-methyl/N-ethyl adjacent to an activating group) is 2. The molecule has 4 atom stereocenters. The van der Waals surface area contributed by atoms with E-state index in [4.69, 9.17) is 0 Å². The summed E-state index contributed by atoms with van der Waals surface area (Å²) in [5.74, 6) is 1.72. The van der Waals surface area contributed by atoms with Crippen LogP contribution in [0.1, 0.15) is 46.5 Å². The molecule has 2 heteroatoms. The smallest absolute Gasteiger partial charge is 0.0248 e. The number of hydrogen-bond acceptors (Lipinski definition) is 2. The van der Waals surface area contributed by atoms with Crippen LogP contribution in [0.5, 0.6) is 0 Å². The first-order chi connectivity index (χ1) is 7.58. The molecule has 96 valence electrons. The molecule has 0 radical (unpaired) electrons. The van der Waals surface area contributed by atoms with Crippen LogP contribution in [0.25, 0.3) is 0 Å². The van der Waals surface area contributed by atoms with Crippen molar-refractivity contribution < 1.29 is 0 Å². The Morgan fingerprint density at radius 2 is 2.06 bits per heavy atom. The third-order valence-corrected chi connectivity index (χ3v) is 4.31. The quantitative estimate of drug-likeness (QED) is 0.775. The maximum Gasteiger partial charge on any atom is 0.0248 e. The fourth-order valence-electron chi connectivity index (χ4n) is 2.93. The van der Waals surface area contributed by atoms with E-state index in [2.05, 4.69) is 45.1 Å². The van der Waals surface area contributed by atoms with E-state index >= 15 is 0 Å². The maximum atomic E-state index is 3.51. The molecule has 16 heavy (non-hydrogen) atoms. The van der Waals surface area contributed by atoms with Gasteiger partial charge in [-0.2, -0.15) is 0 Å². The molecule has 2 nitrogen and oxygen atoms in total. The zero-order valence-electron chi connectivity index (χ0n) is 11.8. The molecule has 1 saturated carbocycles. The standard InChI is InChI=1S/C14H30N2/c1-6-11(2)10-16(5)14-9-12(3)7-8-13(14)15-4/h11-15H,6-10H2,1-5H3. The largest absolute Gasteiger partial charge is 0.315 e. The summed E-state index contributed by atoms with van der Waals surface area (Å²) in [5, 5.41) is 3.51. The van der Waals surface area contributed by atoms with E-state index in [1.165, 1.54) is 32.2 Å². The lowest BCUT2D eigenvalue weighted by molar-refractivity contribution is 0.115. The average molecular weight is 226 g/mol. The molecule has 1 aliphatic carbocycles. The average Bonchev–Trinajstić information content (AvgIpc) is 2.28. The van der Waals surface area contributed by atoms with Gasteiger partial charge in [-0.3, -0.25) is 0 Å². The number of nitrogens with one attached hydrogen (secondary N) is 1. The summed E-state index contributed by atoms with van der Waals surface area (Å²) < 4.78 is 0. The van der Waals surface area contributed by atoms with Gasteiger partial charge < -0.3 is 10.2 Å². The van der Waals surface area contributed by atoms with Crippen LogP contribution in [0.3, 0.4) is 0 Å². The van der Waals surface area contributed by atoms with Crippen molar-refractivity contribution in [1.82, 2.24) is 10.2 Å². The van der Waals surface area contributed by atoms with Crippen molar-refractivity contribution in [2.45, 2.75) is 58.5 Å². The second-order valence-electron chi connectivity index (χ2n) is 5.83. The fourth-order valence-corrected chi connectivity index (χ4v) is 2.93. The highest BCUT2D eigenvalue weighted by Gasteiger charge is 2.30. The fraction of sp³-hybridized carbons (Fsp3) is 1.00. The van der Waals surface area contributed by atoms with E-state index in [1.807, 2.05) is 0 Å². The van der Waals surface area contributed by atoms with Crippen molar-refractivity contribution >= 4 is 0 Å². The Morgan fingerprint density at radius 3 is 2.62 bits per heavy atom. The van der Waals surface area contributed by atoms with Crippen molar-refractivity contribution in [2.24, 2.45) is 11.8 Å². The van der Waals surface area contributed by atoms with E-state index in [-0.39, 0.29) is 0 Å². The van der Waals surface area contributed by atoms with Gasteiger partial charge in [0.05, 0.1) is 0 Å². The molecule has 0 saturated heterocycles. The van der Waals surface area contributed by atoms with E-state index in [1.54, 1.807) is 0 Å². The Balaban J connectivity index is 2.52. The van der Waals surface area contributed by atoms with Gasteiger partial charge in [0, 0.05) is 18.6 Å². The molecule has 4 unspecified atom stereocenters. The Labute approximate surface area is 102 Å². The normalized spacial score (nSPS) is 33.0. The molecule has 0 heterocycles. The lowest BCUT2D eigenvalue weighted by atomic mass is 9.82. The summed E-state index contributed by atoms with van der Waals surface area (Å²) in [6.45, 7) is 8.29. The summed E-state index contributed by atoms with van der Waals surface area (Å²) in [7, 11) is 4.42. The maximum absolute atomic E-state index is 3.51. The van der Waals surface area contributed by atoms with Crippen LogP contribution in [-0.4, -0.2) is 37.6 Å². The molecule has 0 bridgehead atoms. The Kier molecular flexibility index (Phi) is 5.77. The lowest BCUT2D eigenvalue weighted by Crippen LogP contribution is -2.51. The number of hydrogen-bond donors (Lipinski definition) is 1. The van der Waals surface area contributed by atoms with Gasteiger partial charge in [0.1, 0.15) is 0 Å². The molecule has 0 amide bonds. The lowest BCUT2D eigenvalue weighted by Gasteiger charge is -2.41. The first-order valence-corrected chi connectivity index (χ1v) is 6.95. The molecule has 1 fully saturated rings. The first-order valence-electron chi connectivity index (χ1n) is 6.95. The molecule has 1 N–H and O–H groups in total. The molecule has 1 aliphatic rings. The SMILES string of the molecule is CCC(C)CN(C)C1CC(C)CCC1NC. The summed E-state index contributed by atoms with van der Waals surface area (Å²) in [4.78, 5) is 2.59. The monoisotopic (exact) mass is 226 g/mol. The number of nitrogens with zero attached hydrogens (tertiary/aromatic N) is 1. The third kappa shape index (κ3) is 3.74. The van der Waals surface area contributed by atoms with Crippen LogP contribution in [0.15, 0.2) is 0 Å². The zero-order valence-corrected chi connectivity index (χ0v) is 11.8. The molecule has 1 rings (SSSR count). The molecule has 0 aromatic carbocycles. The predicted octanol–water partition coefficient (Wildman–Crippen LogP) is 2.74. The molecular weight excluding hydrogens is 196 g/mol. The van der Waals surface area contributed by atoms with Gasteiger partial charge in [-0.15, -0.1) is 0 Å². The van der Waals surface area contributed by atoms with Crippen molar-refractivity contribution in [3.05, 3.63) is 0 Å². The van der Waals surface area contributed by atoms with Crippen molar-refractivity contribution in [2.75, 3.05) is 20.6 Å². The predicted molar refractivity (Wildman–Crippen MR) is 71.7 cm³/mol. The van der Waals surface area contributed by atoms with E-state index in [0.717, 1.165) is 17.9 Å². The third-order valence-electron chi connectivity index (χ3n) is 4.31. The van der Waals surface area contributed by atoms with Gasteiger partial charge in [0.2, 0.25) is 0 Å². The van der Waals surface area contributed by atoms with Crippen LogP contribution in [-0.2, 0) is 0 Å². The van der Waals surface area contributed by atoms with E-state index < -0.39 is 0 Å². The van der Waals surface area contributed by atoms with Crippen LogP contribution >= 0.6 is 0 Å². The van der Waals surface area contributed by atoms with Crippen molar-refractivity contribution in [3.63, 3.8) is 0 Å². The van der Waals surface area contributed by atoms with Gasteiger partial charge in [0.15, 0.2) is 0 Å². The molecular formula is C14H30N2. The van der Waals surface area contributed by atoms with Crippen LogP contribution in [0.4, 0.5) is 0 Å². The Bertz CT molecular complexity index is 193. The van der Waals surface area contributed by atoms with Crippen molar-refractivity contribution in [3.8, 4) is 0 Å². The van der Waals surface area contributed by atoms with E-state index in [9.17, 15) is 0 Å². The van der Waals surface area contributed by atoms with Gasteiger partial charge in [0.25, 0.3) is 0 Å².